The van der Waals surface area contributed by atoms with Gasteiger partial charge in [0.05, 0.1) is 22.7 Å². The van der Waals surface area contributed by atoms with Crippen LogP contribution in [0.5, 0.6) is 0 Å². The summed E-state index contributed by atoms with van der Waals surface area (Å²) < 4.78 is 0. The fraction of sp³-hybridized carbons (Fsp3) is 0.100. The monoisotopic (exact) mass is 344 g/mol. The molecular weight excluding hydrogens is 328 g/mol. The molecule has 2 aromatic carbocycles. The third kappa shape index (κ3) is 2.71. The summed E-state index contributed by atoms with van der Waals surface area (Å²) in [5.41, 5.74) is 4.39. The largest absolute Gasteiger partial charge is 0.322 e. The number of carbonyl (C=O) groups is 1. The molecule has 6 nitrogen and oxygen atoms in total. The van der Waals surface area contributed by atoms with E-state index in [2.05, 4.69) is 20.3 Å². The lowest BCUT2D eigenvalue weighted by Crippen LogP contribution is -2.15. The number of aryl methyl sites for hydroxylation is 1. The van der Waals surface area contributed by atoms with Crippen molar-refractivity contribution in [1.29, 1.82) is 0 Å². The van der Waals surface area contributed by atoms with Crippen LogP contribution in [-0.4, -0.2) is 20.9 Å². The topological polar surface area (TPSA) is 87.7 Å². The third-order valence-corrected chi connectivity index (χ3v) is 4.51. The highest BCUT2D eigenvalue weighted by Gasteiger charge is 2.11. The van der Waals surface area contributed by atoms with Gasteiger partial charge in [0, 0.05) is 16.6 Å². The average Bonchev–Trinajstić information content (AvgIpc) is 2.65. The van der Waals surface area contributed by atoms with E-state index in [-0.39, 0.29) is 17.2 Å². The van der Waals surface area contributed by atoms with Crippen molar-refractivity contribution in [3.05, 3.63) is 75.8 Å². The molecule has 1 amide bonds. The summed E-state index contributed by atoms with van der Waals surface area (Å²) in [6.45, 7) is 3.71. The number of hydrogen-bond acceptors (Lipinski definition) is 4. The van der Waals surface area contributed by atoms with Crippen molar-refractivity contribution in [3.63, 3.8) is 0 Å². The number of para-hydroxylation sites is 2. The van der Waals surface area contributed by atoms with E-state index < -0.39 is 0 Å². The molecule has 0 saturated carbocycles. The molecule has 128 valence electrons. The maximum absolute atomic E-state index is 12.5. The highest BCUT2D eigenvalue weighted by atomic mass is 16.2. The molecule has 2 N–H and O–H groups in total. The van der Waals surface area contributed by atoms with Crippen molar-refractivity contribution in [2.45, 2.75) is 13.8 Å². The number of nitrogens with one attached hydrogen (secondary N) is 2. The number of anilines is 1. The van der Waals surface area contributed by atoms with Gasteiger partial charge in [0.15, 0.2) is 0 Å². The Morgan fingerprint density at radius 1 is 1.04 bits per heavy atom. The molecule has 0 saturated heterocycles. The molecule has 0 aliphatic rings. The van der Waals surface area contributed by atoms with E-state index in [9.17, 15) is 9.59 Å². The molecule has 26 heavy (non-hydrogen) atoms. The Bertz CT molecular complexity index is 1230. The first-order valence-electron chi connectivity index (χ1n) is 8.19. The summed E-state index contributed by atoms with van der Waals surface area (Å²) >= 11 is 0. The van der Waals surface area contributed by atoms with Gasteiger partial charge in [-0.1, -0.05) is 18.2 Å². The normalized spacial score (nSPS) is 11.0. The second-order valence-corrected chi connectivity index (χ2v) is 6.16. The number of rotatable bonds is 2. The maximum Gasteiger partial charge on any atom is 0.275 e. The lowest BCUT2D eigenvalue weighted by Gasteiger charge is -2.09. The van der Waals surface area contributed by atoms with Crippen LogP contribution in [0.4, 0.5) is 5.69 Å². The fourth-order valence-electron chi connectivity index (χ4n) is 2.90. The number of amides is 1. The summed E-state index contributed by atoms with van der Waals surface area (Å²) in [6.07, 6.45) is 1.45. The maximum atomic E-state index is 12.5. The zero-order chi connectivity index (χ0) is 18.3. The van der Waals surface area contributed by atoms with Crippen molar-refractivity contribution >= 4 is 33.5 Å². The quantitative estimate of drug-likeness (QED) is 0.584. The van der Waals surface area contributed by atoms with Crippen LogP contribution in [-0.2, 0) is 0 Å². The van der Waals surface area contributed by atoms with E-state index in [0.717, 1.165) is 16.5 Å². The van der Waals surface area contributed by atoms with Gasteiger partial charge in [-0.05, 0) is 43.7 Å². The van der Waals surface area contributed by atoms with Crippen molar-refractivity contribution in [3.8, 4) is 0 Å². The van der Waals surface area contributed by atoms with Crippen LogP contribution in [0.25, 0.3) is 21.9 Å². The molecule has 2 aromatic heterocycles. The number of carbonyl (C=O) groups excluding carboxylic acids is 1. The zero-order valence-corrected chi connectivity index (χ0v) is 14.3. The number of aromatic amines is 1. The lowest BCUT2D eigenvalue weighted by molar-refractivity contribution is 0.102. The Morgan fingerprint density at radius 3 is 2.62 bits per heavy atom. The van der Waals surface area contributed by atoms with E-state index >= 15 is 0 Å². The molecule has 0 radical (unpaired) electrons. The highest BCUT2D eigenvalue weighted by molar-refractivity contribution is 6.04. The minimum Gasteiger partial charge on any atom is -0.322 e. The Labute approximate surface area is 148 Å². The van der Waals surface area contributed by atoms with Gasteiger partial charge < -0.3 is 10.3 Å². The molecule has 0 aliphatic heterocycles. The molecule has 0 atom stereocenters. The van der Waals surface area contributed by atoms with Crippen LogP contribution < -0.4 is 10.9 Å². The van der Waals surface area contributed by atoms with E-state index in [4.69, 9.17) is 0 Å². The molecular formula is C20H16N4O2. The van der Waals surface area contributed by atoms with Crippen LogP contribution in [0.3, 0.4) is 0 Å². The van der Waals surface area contributed by atoms with E-state index in [1.807, 2.05) is 37.3 Å². The fourth-order valence-corrected chi connectivity index (χ4v) is 2.90. The summed E-state index contributed by atoms with van der Waals surface area (Å²) in [7, 11) is 0. The highest BCUT2D eigenvalue weighted by Crippen LogP contribution is 2.21. The predicted molar refractivity (Wildman–Crippen MR) is 102 cm³/mol. The van der Waals surface area contributed by atoms with E-state index in [0.29, 0.717) is 22.3 Å². The van der Waals surface area contributed by atoms with Crippen molar-refractivity contribution in [1.82, 2.24) is 15.0 Å². The van der Waals surface area contributed by atoms with Crippen molar-refractivity contribution < 1.29 is 4.79 Å². The van der Waals surface area contributed by atoms with Gasteiger partial charge in [0.2, 0.25) is 0 Å². The van der Waals surface area contributed by atoms with Crippen LogP contribution in [0.2, 0.25) is 0 Å². The van der Waals surface area contributed by atoms with Crippen molar-refractivity contribution in [2.75, 3.05) is 5.32 Å². The number of nitrogens with zero attached hydrogens (tertiary/aromatic N) is 2. The van der Waals surface area contributed by atoms with Crippen LogP contribution in [0.15, 0.2) is 53.5 Å². The van der Waals surface area contributed by atoms with Crippen LogP contribution >= 0.6 is 0 Å². The Hall–Kier alpha value is -3.54. The van der Waals surface area contributed by atoms with Gasteiger partial charge in [-0.25, -0.2) is 4.98 Å². The molecule has 4 aromatic rings. The first-order valence-corrected chi connectivity index (χ1v) is 8.19. The second-order valence-electron chi connectivity index (χ2n) is 6.16. The van der Waals surface area contributed by atoms with E-state index in [1.165, 1.54) is 6.20 Å². The molecule has 4 rings (SSSR count). The first-order chi connectivity index (χ1) is 12.5. The average molecular weight is 344 g/mol. The Kier molecular flexibility index (Phi) is 3.73. The number of aromatic nitrogens is 3. The molecule has 0 aliphatic carbocycles. The zero-order valence-electron chi connectivity index (χ0n) is 14.3. The molecule has 0 bridgehead atoms. The standard InChI is InChI=1S/C20H16N4O2/c1-11-12(2)19(25)24-17-9-13(7-8-14(11)17)22-20(26)18-10-21-15-5-3-4-6-16(15)23-18/h3-10H,1-2H3,(H,22,26)(H,24,25). The third-order valence-electron chi connectivity index (χ3n) is 4.51. The van der Waals surface area contributed by atoms with Crippen LogP contribution in [0.1, 0.15) is 21.6 Å². The number of benzene rings is 2. The van der Waals surface area contributed by atoms with Gasteiger partial charge >= 0.3 is 0 Å². The summed E-state index contributed by atoms with van der Waals surface area (Å²) in [4.78, 5) is 35.9. The number of H-pyrrole nitrogens is 1. The van der Waals surface area contributed by atoms with Gasteiger partial charge in [-0.15, -0.1) is 0 Å². The Balaban J connectivity index is 1.68. The minimum absolute atomic E-state index is 0.126. The van der Waals surface area contributed by atoms with Crippen LogP contribution in [0, 0.1) is 13.8 Å². The molecule has 0 fully saturated rings. The predicted octanol–water partition coefficient (Wildman–Crippen LogP) is 3.34. The molecule has 0 unspecified atom stereocenters. The summed E-state index contributed by atoms with van der Waals surface area (Å²) in [5.74, 6) is -0.353. The van der Waals surface area contributed by atoms with Gasteiger partial charge in [-0.2, -0.15) is 0 Å². The number of pyridine rings is 1. The molecule has 2 heterocycles. The summed E-state index contributed by atoms with van der Waals surface area (Å²) in [6, 6.07) is 12.8. The molecule has 6 heteroatoms. The number of fused-ring (bicyclic) bond motifs is 2. The second kappa shape index (κ2) is 6.07. The van der Waals surface area contributed by atoms with E-state index in [1.54, 1.807) is 19.1 Å². The van der Waals surface area contributed by atoms with Gasteiger partial charge in [0.25, 0.3) is 11.5 Å². The lowest BCUT2D eigenvalue weighted by atomic mass is 10.1. The van der Waals surface area contributed by atoms with Crippen molar-refractivity contribution in [2.24, 2.45) is 0 Å². The molecule has 0 spiro atoms. The summed E-state index contributed by atoms with van der Waals surface area (Å²) in [5, 5.41) is 3.75. The van der Waals surface area contributed by atoms with Gasteiger partial charge in [0.1, 0.15) is 5.69 Å². The SMILES string of the molecule is Cc1c(C)c2ccc(NC(=O)c3cnc4ccccc4n3)cc2[nH]c1=O. The number of hydrogen-bond donors (Lipinski definition) is 2. The smallest absolute Gasteiger partial charge is 0.275 e. The Morgan fingerprint density at radius 2 is 1.81 bits per heavy atom. The minimum atomic E-state index is -0.353. The van der Waals surface area contributed by atoms with Gasteiger partial charge in [-0.3, -0.25) is 14.6 Å². The first kappa shape index (κ1) is 16.0.